The Labute approximate surface area is 80.5 Å². The molecule has 4 heteroatoms. The van der Waals surface area contributed by atoms with Crippen molar-refractivity contribution < 1.29 is 4.79 Å². The van der Waals surface area contributed by atoms with Crippen molar-refractivity contribution in [3.05, 3.63) is 0 Å². The van der Waals surface area contributed by atoms with E-state index in [1.165, 1.54) is 0 Å². The number of carbonyl (C=O) groups is 1. The number of carbonyl (C=O) groups excluding carboxylic acids is 1. The highest BCUT2D eigenvalue weighted by Crippen LogP contribution is 2.11. The smallest absolute Gasteiger partial charge is 0.226 e. The van der Waals surface area contributed by atoms with Crippen LogP contribution in [0.1, 0.15) is 13.8 Å². The van der Waals surface area contributed by atoms with Gasteiger partial charge in [-0.05, 0) is 27.9 Å². The van der Waals surface area contributed by atoms with E-state index in [2.05, 4.69) is 5.32 Å². The minimum absolute atomic E-state index is 0.0249. The van der Waals surface area contributed by atoms with Crippen molar-refractivity contribution in [2.75, 3.05) is 33.7 Å². The van der Waals surface area contributed by atoms with E-state index in [1.54, 1.807) is 0 Å². The van der Waals surface area contributed by atoms with Crippen LogP contribution >= 0.6 is 0 Å². The van der Waals surface area contributed by atoms with Crippen LogP contribution in [0.25, 0.3) is 0 Å². The number of rotatable bonds is 5. The Morgan fingerprint density at radius 2 is 2.00 bits per heavy atom. The maximum Gasteiger partial charge on any atom is 0.226 e. The van der Waals surface area contributed by atoms with Gasteiger partial charge in [0, 0.05) is 19.6 Å². The maximum absolute atomic E-state index is 11.5. The first-order chi connectivity index (χ1) is 5.90. The monoisotopic (exact) mass is 187 g/mol. The van der Waals surface area contributed by atoms with E-state index in [-0.39, 0.29) is 5.91 Å². The summed E-state index contributed by atoms with van der Waals surface area (Å²) in [5.74, 6) is 0.0249. The van der Waals surface area contributed by atoms with Crippen LogP contribution in [0.4, 0.5) is 0 Å². The molecule has 0 saturated carbocycles. The Hall–Kier alpha value is -0.610. The van der Waals surface area contributed by atoms with Crippen molar-refractivity contribution in [2.45, 2.75) is 13.8 Å². The van der Waals surface area contributed by atoms with E-state index in [9.17, 15) is 4.79 Å². The summed E-state index contributed by atoms with van der Waals surface area (Å²) in [5, 5.41) is 2.84. The summed E-state index contributed by atoms with van der Waals surface area (Å²) in [6.45, 7) is 5.60. The van der Waals surface area contributed by atoms with Crippen LogP contribution in [0.3, 0.4) is 0 Å². The molecule has 0 heterocycles. The van der Waals surface area contributed by atoms with Crippen molar-refractivity contribution in [3.8, 4) is 0 Å². The first kappa shape index (κ1) is 12.4. The lowest BCUT2D eigenvalue weighted by atomic mass is 9.93. The third kappa shape index (κ3) is 4.85. The number of nitrogens with zero attached hydrogens (tertiary/aromatic N) is 1. The molecule has 0 aliphatic carbocycles. The predicted octanol–water partition coefficient (Wildman–Crippen LogP) is -0.351. The highest BCUT2D eigenvalue weighted by atomic mass is 16.2. The molecule has 0 fully saturated rings. The number of nitrogens with two attached hydrogens (primary N) is 1. The molecule has 0 rings (SSSR count). The standard InChI is InChI=1S/C9H21N3O/c1-9(2,7-10)8(13)11-5-6-12(3)4/h5-7,10H2,1-4H3,(H,11,13). The second-order valence-electron chi connectivity index (χ2n) is 4.15. The fourth-order valence-electron chi connectivity index (χ4n) is 0.725. The van der Waals surface area contributed by atoms with Crippen LogP contribution in [0.15, 0.2) is 0 Å². The van der Waals surface area contributed by atoms with Crippen LogP contribution in [-0.4, -0.2) is 44.5 Å². The molecule has 0 aromatic heterocycles. The first-order valence-electron chi connectivity index (χ1n) is 4.53. The van der Waals surface area contributed by atoms with Gasteiger partial charge in [0.1, 0.15) is 0 Å². The third-order valence-corrected chi connectivity index (χ3v) is 1.97. The van der Waals surface area contributed by atoms with E-state index in [0.29, 0.717) is 13.1 Å². The van der Waals surface area contributed by atoms with Gasteiger partial charge in [0.2, 0.25) is 5.91 Å². The summed E-state index contributed by atoms with van der Waals surface area (Å²) in [5.41, 5.74) is 5.02. The lowest BCUT2D eigenvalue weighted by Gasteiger charge is -2.21. The molecule has 0 radical (unpaired) electrons. The fourth-order valence-corrected chi connectivity index (χ4v) is 0.725. The molecule has 0 bridgehead atoms. The molecule has 3 N–H and O–H groups in total. The van der Waals surface area contributed by atoms with E-state index < -0.39 is 5.41 Å². The molecule has 0 aromatic rings. The van der Waals surface area contributed by atoms with Gasteiger partial charge in [-0.1, -0.05) is 0 Å². The molecule has 0 unspecified atom stereocenters. The van der Waals surface area contributed by atoms with Crippen molar-refractivity contribution >= 4 is 5.91 Å². The number of nitrogens with one attached hydrogen (secondary N) is 1. The molecule has 4 nitrogen and oxygen atoms in total. The van der Waals surface area contributed by atoms with E-state index in [1.807, 2.05) is 32.8 Å². The molecule has 0 atom stereocenters. The fraction of sp³-hybridized carbons (Fsp3) is 0.889. The van der Waals surface area contributed by atoms with Gasteiger partial charge in [-0.2, -0.15) is 0 Å². The Bertz CT molecular complexity index is 166. The van der Waals surface area contributed by atoms with Crippen LogP contribution in [0.5, 0.6) is 0 Å². The Morgan fingerprint density at radius 1 is 1.46 bits per heavy atom. The zero-order valence-corrected chi connectivity index (χ0v) is 9.05. The van der Waals surface area contributed by atoms with Gasteiger partial charge in [-0.15, -0.1) is 0 Å². The molecular weight excluding hydrogens is 166 g/mol. The van der Waals surface area contributed by atoms with Crippen molar-refractivity contribution in [1.29, 1.82) is 0 Å². The largest absolute Gasteiger partial charge is 0.354 e. The lowest BCUT2D eigenvalue weighted by Crippen LogP contribution is -2.43. The van der Waals surface area contributed by atoms with Gasteiger partial charge in [0.25, 0.3) is 0 Å². The van der Waals surface area contributed by atoms with E-state index in [0.717, 1.165) is 6.54 Å². The minimum atomic E-state index is -0.452. The van der Waals surface area contributed by atoms with Crippen LogP contribution < -0.4 is 11.1 Å². The summed E-state index contributed by atoms with van der Waals surface area (Å²) >= 11 is 0. The van der Waals surface area contributed by atoms with Gasteiger partial charge in [-0.3, -0.25) is 4.79 Å². The summed E-state index contributed by atoms with van der Waals surface area (Å²) in [7, 11) is 3.94. The topological polar surface area (TPSA) is 58.4 Å². The number of amides is 1. The average molecular weight is 187 g/mol. The van der Waals surface area contributed by atoms with Crippen molar-refractivity contribution in [2.24, 2.45) is 11.1 Å². The van der Waals surface area contributed by atoms with Gasteiger partial charge < -0.3 is 16.0 Å². The highest BCUT2D eigenvalue weighted by Gasteiger charge is 2.24. The summed E-state index contributed by atoms with van der Waals surface area (Å²) < 4.78 is 0. The minimum Gasteiger partial charge on any atom is -0.354 e. The molecule has 0 aliphatic heterocycles. The molecule has 0 aromatic carbocycles. The number of hydrogen-bond acceptors (Lipinski definition) is 3. The molecular formula is C9H21N3O. The zero-order valence-electron chi connectivity index (χ0n) is 9.05. The number of likely N-dealkylation sites (N-methyl/N-ethyl adjacent to an activating group) is 1. The molecule has 13 heavy (non-hydrogen) atoms. The second kappa shape index (κ2) is 5.19. The SMILES string of the molecule is CN(C)CCNC(=O)C(C)(C)CN. The van der Waals surface area contributed by atoms with Crippen LogP contribution in [-0.2, 0) is 4.79 Å². The second-order valence-corrected chi connectivity index (χ2v) is 4.15. The third-order valence-electron chi connectivity index (χ3n) is 1.97. The summed E-state index contributed by atoms with van der Waals surface area (Å²) in [6.07, 6.45) is 0. The van der Waals surface area contributed by atoms with Gasteiger partial charge in [0.15, 0.2) is 0 Å². The first-order valence-corrected chi connectivity index (χ1v) is 4.53. The summed E-state index contributed by atoms with van der Waals surface area (Å²) in [4.78, 5) is 13.5. The van der Waals surface area contributed by atoms with E-state index >= 15 is 0 Å². The van der Waals surface area contributed by atoms with Crippen molar-refractivity contribution in [1.82, 2.24) is 10.2 Å². The van der Waals surface area contributed by atoms with Gasteiger partial charge >= 0.3 is 0 Å². The highest BCUT2D eigenvalue weighted by molar-refractivity contribution is 5.81. The molecule has 0 aliphatic rings. The van der Waals surface area contributed by atoms with Gasteiger partial charge in [0.05, 0.1) is 5.41 Å². The van der Waals surface area contributed by atoms with Crippen molar-refractivity contribution in [3.63, 3.8) is 0 Å². The zero-order chi connectivity index (χ0) is 10.5. The molecule has 0 saturated heterocycles. The predicted molar refractivity (Wildman–Crippen MR) is 54.4 cm³/mol. The Balaban J connectivity index is 3.75. The maximum atomic E-state index is 11.5. The molecule has 0 spiro atoms. The Morgan fingerprint density at radius 3 is 2.38 bits per heavy atom. The van der Waals surface area contributed by atoms with Crippen LogP contribution in [0.2, 0.25) is 0 Å². The number of hydrogen-bond donors (Lipinski definition) is 2. The lowest BCUT2D eigenvalue weighted by molar-refractivity contribution is -0.128. The van der Waals surface area contributed by atoms with E-state index in [4.69, 9.17) is 5.73 Å². The van der Waals surface area contributed by atoms with Crippen LogP contribution in [0, 0.1) is 5.41 Å². The molecule has 1 amide bonds. The average Bonchev–Trinajstić information content (AvgIpc) is 2.03. The van der Waals surface area contributed by atoms with Gasteiger partial charge in [-0.25, -0.2) is 0 Å². The normalized spacial score (nSPS) is 11.8. The molecule has 78 valence electrons. The Kier molecular flexibility index (Phi) is 4.95. The summed E-state index contributed by atoms with van der Waals surface area (Å²) in [6, 6.07) is 0. The quantitative estimate of drug-likeness (QED) is 0.618.